The van der Waals surface area contributed by atoms with E-state index in [1.54, 1.807) is 0 Å². The summed E-state index contributed by atoms with van der Waals surface area (Å²) in [5.74, 6) is 1.50. The molecule has 0 amide bonds. The van der Waals surface area contributed by atoms with E-state index in [1.165, 1.54) is 0 Å². The average Bonchev–Trinajstić information content (AvgIpc) is 2.54. The Bertz CT molecular complexity index is 737. The summed E-state index contributed by atoms with van der Waals surface area (Å²) in [5.41, 5.74) is 3.15. The summed E-state index contributed by atoms with van der Waals surface area (Å²) in [6.45, 7) is 3.81. The third-order valence-electron chi connectivity index (χ3n) is 3.54. The molecule has 2 N–H and O–H groups in total. The van der Waals surface area contributed by atoms with Crippen molar-refractivity contribution >= 4 is 34.6 Å². The topological polar surface area (TPSA) is 42.5 Å². The lowest BCUT2D eigenvalue weighted by Crippen LogP contribution is -2.28. The van der Waals surface area contributed by atoms with E-state index < -0.39 is 0 Å². The fourth-order valence-electron chi connectivity index (χ4n) is 2.33. The summed E-state index contributed by atoms with van der Waals surface area (Å²) in [6, 6.07) is 11.5. The highest BCUT2D eigenvalue weighted by Gasteiger charge is 2.12. The summed E-state index contributed by atoms with van der Waals surface area (Å²) in [7, 11) is 0. The van der Waals surface area contributed by atoms with Crippen molar-refractivity contribution in [1.82, 2.24) is 5.32 Å². The van der Waals surface area contributed by atoms with Gasteiger partial charge in [0.05, 0.1) is 0 Å². The third kappa shape index (κ3) is 4.06. The number of aryl methyl sites for hydroxylation is 1. The average molecular weight is 349 g/mol. The van der Waals surface area contributed by atoms with Crippen LogP contribution < -0.4 is 20.1 Å². The Labute approximate surface area is 145 Å². The second-order valence-corrected chi connectivity index (χ2v) is 6.08. The zero-order valence-electron chi connectivity index (χ0n) is 12.7. The third-order valence-corrected chi connectivity index (χ3v) is 4.03. The molecule has 0 aromatic heterocycles. The second-order valence-electron chi connectivity index (χ2n) is 5.24. The Hall–Kier alpha value is -1.98. The molecule has 0 spiro atoms. The van der Waals surface area contributed by atoms with Crippen LogP contribution in [0.4, 0.5) is 5.69 Å². The van der Waals surface area contributed by atoms with Gasteiger partial charge in [0, 0.05) is 23.3 Å². The molecule has 1 aliphatic heterocycles. The van der Waals surface area contributed by atoms with Gasteiger partial charge in [0.2, 0.25) is 0 Å². The largest absolute Gasteiger partial charge is 0.486 e. The number of benzene rings is 2. The van der Waals surface area contributed by atoms with Crippen LogP contribution in [0, 0.1) is 6.92 Å². The van der Waals surface area contributed by atoms with Crippen LogP contribution in [0.2, 0.25) is 5.02 Å². The van der Waals surface area contributed by atoms with Crippen LogP contribution in [0.5, 0.6) is 11.5 Å². The molecule has 0 atom stereocenters. The van der Waals surface area contributed by atoms with Gasteiger partial charge in [-0.25, -0.2) is 0 Å². The quantitative estimate of drug-likeness (QED) is 0.823. The fourth-order valence-corrected chi connectivity index (χ4v) is 2.75. The van der Waals surface area contributed by atoms with E-state index in [9.17, 15) is 0 Å². The number of rotatable bonds is 3. The van der Waals surface area contributed by atoms with Crippen molar-refractivity contribution in [3.05, 3.63) is 52.5 Å². The van der Waals surface area contributed by atoms with Gasteiger partial charge in [-0.1, -0.05) is 17.7 Å². The molecule has 4 nitrogen and oxygen atoms in total. The highest BCUT2D eigenvalue weighted by molar-refractivity contribution is 7.80. The summed E-state index contributed by atoms with van der Waals surface area (Å²) in [6.07, 6.45) is 0. The molecule has 6 heteroatoms. The molecule has 3 rings (SSSR count). The predicted molar refractivity (Wildman–Crippen MR) is 96.7 cm³/mol. The van der Waals surface area contributed by atoms with Crippen LogP contribution in [-0.2, 0) is 6.54 Å². The van der Waals surface area contributed by atoms with Crippen LogP contribution >= 0.6 is 23.8 Å². The van der Waals surface area contributed by atoms with Gasteiger partial charge in [0.25, 0.3) is 0 Å². The monoisotopic (exact) mass is 348 g/mol. The fraction of sp³-hybridized carbons (Fsp3) is 0.235. The minimum Gasteiger partial charge on any atom is -0.486 e. The molecule has 0 unspecified atom stereocenters. The summed E-state index contributed by atoms with van der Waals surface area (Å²) < 4.78 is 11.1. The molecule has 120 valence electrons. The number of halogens is 1. The van der Waals surface area contributed by atoms with E-state index in [-0.39, 0.29) is 0 Å². The first-order chi connectivity index (χ1) is 11.1. The van der Waals surface area contributed by atoms with Crippen molar-refractivity contribution in [2.45, 2.75) is 13.5 Å². The first kappa shape index (κ1) is 15.9. The minimum absolute atomic E-state index is 0.552. The molecule has 23 heavy (non-hydrogen) atoms. The molecule has 0 bridgehead atoms. The number of nitrogens with one attached hydrogen (secondary N) is 2. The normalized spacial score (nSPS) is 12.6. The van der Waals surface area contributed by atoms with E-state index in [2.05, 4.69) is 10.6 Å². The molecule has 2 aromatic rings. The molecule has 0 saturated carbocycles. The zero-order chi connectivity index (χ0) is 16.2. The number of fused-ring (bicyclic) bond motifs is 1. The van der Waals surface area contributed by atoms with Gasteiger partial charge in [-0.2, -0.15) is 0 Å². The molecule has 0 radical (unpaired) electrons. The van der Waals surface area contributed by atoms with Crippen LogP contribution in [-0.4, -0.2) is 18.3 Å². The van der Waals surface area contributed by atoms with E-state index in [0.717, 1.165) is 33.3 Å². The van der Waals surface area contributed by atoms with Crippen LogP contribution in [0.25, 0.3) is 0 Å². The van der Waals surface area contributed by atoms with Crippen molar-refractivity contribution in [2.24, 2.45) is 0 Å². The van der Waals surface area contributed by atoms with Gasteiger partial charge in [-0.05, 0) is 54.5 Å². The molecule has 2 aromatic carbocycles. The summed E-state index contributed by atoms with van der Waals surface area (Å²) in [4.78, 5) is 0. The number of anilines is 1. The predicted octanol–water partition coefficient (Wildman–Crippen LogP) is 3.91. The van der Waals surface area contributed by atoms with Gasteiger partial charge in [0.1, 0.15) is 13.2 Å². The van der Waals surface area contributed by atoms with Crippen LogP contribution in [0.1, 0.15) is 11.1 Å². The maximum atomic E-state index is 5.96. The molecular weight excluding hydrogens is 332 g/mol. The van der Waals surface area contributed by atoms with Gasteiger partial charge < -0.3 is 20.1 Å². The SMILES string of the molecule is Cc1cc(Cl)ccc1CNC(=S)Nc1ccc2c(c1)OCCO2. The van der Waals surface area contributed by atoms with Crippen LogP contribution in [0.15, 0.2) is 36.4 Å². The van der Waals surface area contributed by atoms with Gasteiger partial charge >= 0.3 is 0 Å². The smallest absolute Gasteiger partial charge is 0.171 e. The lowest BCUT2D eigenvalue weighted by atomic mass is 10.1. The zero-order valence-corrected chi connectivity index (χ0v) is 14.3. The number of thiocarbonyl (C=S) groups is 1. The van der Waals surface area contributed by atoms with E-state index >= 15 is 0 Å². The van der Waals surface area contributed by atoms with Crippen molar-refractivity contribution in [3.63, 3.8) is 0 Å². The Kier molecular flexibility index (Phi) is 4.88. The van der Waals surface area contributed by atoms with Crippen molar-refractivity contribution in [2.75, 3.05) is 18.5 Å². The van der Waals surface area contributed by atoms with Crippen LogP contribution in [0.3, 0.4) is 0 Å². The lowest BCUT2D eigenvalue weighted by Gasteiger charge is -2.19. The highest BCUT2D eigenvalue weighted by Crippen LogP contribution is 2.32. The highest BCUT2D eigenvalue weighted by atomic mass is 35.5. The Morgan fingerprint density at radius 3 is 2.70 bits per heavy atom. The molecule has 0 saturated heterocycles. The van der Waals surface area contributed by atoms with Gasteiger partial charge in [-0.15, -0.1) is 0 Å². The standard InChI is InChI=1S/C17H17ClN2O2S/c1-11-8-13(18)3-2-12(11)10-19-17(23)20-14-4-5-15-16(9-14)22-7-6-21-15/h2-5,8-9H,6-7,10H2,1H3,(H2,19,20,23). The van der Waals surface area contributed by atoms with Crippen molar-refractivity contribution in [1.29, 1.82) is 0 Å². The number of hydrogen-bond acceptors (Lipinski definition) is 3. The number of ether oxygens (including phenoxy) is 2. The van der Waals surface area contributed by atoms with Crippen molar-refractivity contribution < 1.29 is 9.47 Å². The summed E-state index contributed by atoms with van der Waals surface area (Å²) >= 11 is 11.3. The Morgan fingerprint density at radius 2 is 1.91 bits per heavy atom. The van der Waals surface area contributed by atoms with Gasteiger partial charge in [-0.3, -0.25) is 0 Å². The maximum absolute atomic E-state index is 5.96. The van der Waals surface area contributed by atoms with E-state index in [4.69, 9.17) is 33.3 Å². The maximum Gasteiger partial charge on any atom is 0.171 e. The number of hydrogen-bond donors (Lipinski definition) is 2. The van der Waals surface area contributed by atoms with E-state index in [1.807, 2.05) is 43.3 Å². The van der Waals surface area contributed by atoms with E-state index in [0.29, 0.717) is 24.9 Å². The molecule has 0 fully saturated rings. The Balaban J connectivity index is 1.59. The molecular formula is C17H17ClN2O2S. The minimum atomic E-state index is 0.552. The molecule has 0 aliphatic carbocycles. The second kappa shape index (κ2) is 7.06. The first-order valence-corrected chi connectivity index (χ1v) is 8.10. The van der Waals surface area contributed by atoms with Gasteiger partial charge in [0.15, 0.2) is 16.6 Å². The lowest BCUT2D eigenvalue weighted by molar-refractivity contribution is 0.171. The molecule has 1 heterocycles. The molecule has 1 aliphatic rings. The first-order valence-electron chi connectivity index (χ1n) is 7.31. The Morgan fingerprint density at radius 1 is 1.13 bits per heavy atom. The van der Waals surface area contributed by atoms with Crippen molar-refractivity contribution in [3.8, 4) is 11.5 Å². The summed E-state index contributed by atoms with van der Waals surface area (Å²) in [5, 5.41) is 7.64.